The molecule has 2 rings (SSSR count). The van der Waals surface area contributed by atoms with Crippen LogP contribution in [0.2, 0.25) is 0 Å². The van der Waals surface area contributed by atoms with Crippen LogP contribution in [0.5, 0.6) is 0 Å². The molecule has 1 aliphatic heterocycles. The fraction of sp³-hybridized carbons (Fsp3) is 0.500. The van der Waals surface area contributed by atoms with E-state index in [0.29, 0.717) is 12.0 Å². The van der Waals surface area contributed by atoms with E-state index in [4.69, 9.17) is 4.74 Å². The van der Waals surface area contributed by atoms with Gasteiger partial charge in [0.2, 0.25) is 5.91 Å². The van der Waals surface area contributed by atoms with Crippen molar-refractivity contribution in [3.63, 3.8) is 0 Å². The first-order valence-electron chi connectivity index (χ1n) is 7.29. The van der Waals surface area contributed by atoms with Gasteiger partial charge in [0.1, 0.15) is 0 Å². The van der Waals surface area contributed by atoms with Crippen molar-refractivity contribution in [1.29, 1.82) is 0 Å². The molecule has 1 fully saturated rings. The largest absolute Gasteiger partial charge is 0.479 e. The van der Waals surface area contributed by atoms with Gasteiger partial charge in [0.25, 0.3) is 0 Å². The van der Waals surface area contributed by atoms with Crippen LogP contribution in [0.4, 0.5) is 0 Å². The van der Waals surface area contributed by atoms with Crippen LogP contribution in [0, 0.1) is 0 Å². The number of benzene rings is 1. The average Bonchev–Trinajstić information content (AvgIpc) is 2.89. The molecule has 0 aliphatic carbocycles. The summed E-state index contributed by atoms with van der Waals surface area (Å²) in [6, 6.07) is 7.71. The van der Waals surface area contributed by atoms with Gasteiger partial charge in [0, 0.05) is 6.42 Å². The van der Waals surface area contributed by atoms with Gasteiger partial charge in [-0.15, -0.1) is 0 Å². The number of rotatable bonds is 6. The lowest BCUT2D eigenvalue weighted by molar-refractivity contribution is -0.142. The zero-order valence-corrected chi connectivity index (χ0v) is 12.1. The molecular weight excluding hydrogens is 270 g/mol. The highest BCUT2D eigenvalue weighted by Crippen LogP contribution is 2.22. The first kappa shape index (κ1) is 15.5. The molecule has 114 valence electrons. The minimum absolute atomic E-state index is 0.116. The van der Waals surface area contributed by atoms with Crippen molar-refractivity contribution in [2.45, 2.75) is 50.9 Å². The Kier molecular flexibility index (Phi) is 5.33. The number of aliphatic carboxylic acids is 1. The quantitative estimate of drug-likeness (QED) is 0.843. The Morgan fingerprint density at radius 2 is 2.05 bits per heavy atom. The van der Waals surface area contributed by atoms with Crippen LogP contribution in [0.1, 0.15) is 44.2 Å². The molecule has 3 atom stereocenters. The Balaban J connectivity index is 1.86. The summed E-state index contributed by atoms with van der Waals surface area (Å²) in [7, 11) is 0. The fourth-order valence-electron chi connectivity index (χ4n) is 2.56. The summed E-state index contributed by atoms with van der Waals surface area (Å²) in [4.78, 5) is 23.2. The summed E-state index contributed by atoms with van der Waals surface area (Å²) in [6.45, 7) is 2.02. The Morgan fingerprint density at radius 1 is 1.33 bits per heavy atom. The third-order valence-electron chi connectivity index (χ3n) is 3.70. The Labute approximate surface area is 124 Å². The van der Waals surface area contributed by atoms with Crippen LogP contribution in [0.25, 0.3) is 0 Å². The maximum Gasteiger partial charge on any atom is 0.330 e. The number of carbonyl (C=O) groups excluding carboxylic acids is 1. The predicted octanol–water partition coefficient (Wildman–Crippen LogP) is 2.28. The van der Waals surface area contributed by atoms with Crippen LogP contribution in [-0.4, -0.2) is 29.2 Å². The summed E-state index contributed by atoms with van der Waals surface area (Å²) in [5.74, 6) is -1.31. The number of carboxylic acid groups (broad SMARTS) is 1. The van der Waals surface area contributed by atoms with E-state index in [0.717, 1.165) is 12.8 Å². The Morgan fingerprint density at radius 3 is 2.62 bits per heavy atom. The maximum absolute atomic E-state index is 11.9. The SMILES string of the molecule is CC1CCC(CCC(=O)N[C@@H](C(=O)O)c2ccccc2)O1. The number of carbonyl (C=O) groups is 2. The van der Waals surface area contributed by atoms with Crippen LogP contribution in [-0.2, 0) is 14.3 Å². The first-order chi connectivity index (χ1) is 10.1. The van der Waals surface area contributed by atoms with Gasteiger partial charge in [0.15, 0.2) is 6.04 Å². The van der Waals surface area contributed by atoms with Crippen molar-refractivity contribution in [2.24, 2.45) is 0 Å². The van der Waals surface area contributed by atoms with Crippen LogP contribution in [0.3, 0.4) is 0 Å². The maximum atomic E-state index is 11.9. The topological polar surface area (TPSA) is 75.6 Å². The second kappa shape index (κ2) is 7.22. The van der Waals surface area contributed by atoms with Crippen LogP contribution < -0.4 is 5.32 Å². The molecule has 0 saturated carbocycles. The Hall–Kier alpha value is -1.88. The summed E-state index contributed by atoms with van der Waals surface area (Å²) in [6.07, 6.45) is 3.29. The lowest BCUT2D eigenvalue weighted by atomic mass is 10.1. The van der Waals surface area contributed by atoms with Gasteiger partial charge in [-0.1, -0.05) is 30.3 Å². The van der Waals surface area contributed by atoms with E-state index < -0.39 is 12.0 Å². The molecule has 5 heteroatoms. The fourth-order valence-corrected chi connectivity index (χ4v) is 2.56. The van der Waals surface area contributed by atoms with Gasteiger partial charge in [0.05, 0.1) is 12.2 Å². The highest BCUT2D eigenvalue weighted by Gasteiger charge is 2.25. The molecule has 1 aromatic rings. The molecule has 0 aromatic heterocycles. The molecule has 0 radical (unpaired) electrons. The van der Waals surface area contributed by atoms with Gasteiger partial charge in [-0.25, -0.2) is 4.79 Å². The van der Waals surface area contributed by atoms with Gasteiger partial charge in [-0.3, -0.25) is 4.79 Å². The van der Waals surface area contributed by atoms with Gasteiger partial charge >= 0.3 is 5.97 Å². The molecule has 1 saturated heterocycles. The predicted molar refractivity (Wildman–Crippen MR) is 77.8 cm³/mol. The van der Waals surface area contributed by atoms with E-state index in [9.17, 15) is 14.7 Å². The molecule has 2 unspecified atom stereocenters. The molecule has 1 heterocycles. The second-order valence-corrected chi connectivity index (χ2v) is 5.43. The van der Waals surface area contributed by atoms with E-state index in [1.165, 1.54) is 0 Å². The van der Waals surface area contributed by atoms with Crippen molar-refractivity contribution in [3.05, 3.63) is 35.9 Å². The molecule has 5 nitrogen and oxygen atoms in total. The molecule has 0 bridgehead atoms. The molecule has 0 spiro atoms. The molecular formula is C16H21NO4. The number of nitrogens with one attached hydrogen (secondary N) is 1. The van der Waals surface area contributed by atoms with Crippen molar-refractivity contribution >= 4 is 11.9 Å². The highest BCUT2D eigenvalue weighted by molar-refractivity contribution is 5.84. The Bertz CT molecular complexity index is 488. The van der Waals surface area contributed by atoms with Crippen molar-refractivity contribution < 1.29 is 19.4 Å². The third-order valence-corrected chi connectivity index (χ3v) is 3.70. The monoisotopic (exact) mass is 291 g/mol. The smallest absolute Gasteiger partial charge is 0.330 e. The van der Waals surface area contributed by atoms with Crippen molar-refractivity contribution in [3.8, 4) is 0 Å². The summed E-state index contributed by atoms with van der Waals surface area (Å²) >= 11 is 0. The van der Waals surface area contributed by atoms with Gasteiger partial charge in [-0.2, -0.15) is 0 Å². The van der Waals surface area contributed by atoms with Crippen LogP contribution >= 0.6 is 0 Å². The van der Waals surface area contributed by atoms with Gasteiger partial charge in [-0.05, 0) is 31.7 Å². The second-order valence-electron chi connectivity index (χ2n) is 5.43. The van der Waals surface area contributed by atoms with Crippen molar-refractivity contribution in [1.82, 2.24) is 5.32 Å². The average molecular weight is 291 g/mol. The van der Waals surface area contributed by atoms with E-state index >= 15 is 0 Å². The zero-order chi connectivity index (χ0) is 15.2. The number of hydrogen-bond acceptors (Lipinski definition) is 3. The minimum atomic E-state index is -1.06. The number of carboxylic acids is 1. The van der Waals surface area contributed by atoms with Gasteiger partial charge < -0.3 is 15.2 Å². The molecule has 21 heavy (non-hydrogen) atoms. The van der Waals surface area contributed by atoms with E-state index in [1.54, 1.807) is 24.3 Å². The van der Waals surface area contributed by atoms with Crippen LogP contribution in [0.15, 0.2) is 30.3 Å². The molecule has 1 aromatic carbocycles. The van der Waals surface area contributed by atoms with Crippen molar-refractivity contribution in [2.75, 3.05) is 0 Å². The minimum Gasteiger partial charge on any atom is -0.479 e. The summed E-state index contributed by atoms with van der Waals surface area (Å²) in [5.41, 5.74) is 0.573. The number of ether oxygens (including phenoxy) is 1. The lowest BCUT2D eigenvalue weighted by Gasteiger charge is -2.16. The normalized spacial score (nSPS) is 22.7. The standard InChI is InChI=1S/C16H21NO4/c1-11-7-8-13(21-11)9-10-14(18)17-15(16(19)20)12-5-3-2-4-6-12/h2-6,11,13,15H,7-10H2,1H3,(H,17,18)(H,19,20)/t11?,13?,15-/m1/s1. The molecule has 1 aliphatic rings. The summed E-state index contributed by atoms with van der Waals surface area (Å²) in [5, 5.41) is 11.8. The van der Waals surface area contributed by atoms with E-state index in [1.807, 2.05) is 13.0 Å². The number of hydrogen-bond donors (Lipinski definition) is 2. The zero-order valence-electron chi connectivity index (χ0n) is 12.1. The lowest BCUT2D eigenvalue weighted by Crippen LogP contribution is -2.34. The van der Waals surface area contributed by atoms with E-state index in [2.05, 4.69) is 5.32 Å². The highest BCUT2D eigenvalue weighted by atomic mass is 16.5. The molecule has 2 N–H and O–H groups in total. The van der Waals surface area contributed by atoms with E-state index in [-0.39, 0.29) is 24.5 Å². The summed E-state index contributed by atoms with van der Waals surface area (Å²) < 4.78 is 5.65. The third kappa shape index (κ3) is 4.56. The molecule has 1 amide bonds. The number of amides is 1. The first-order valence-corrected chi connectivity index (χ1v) is 7.29.